The first kappa shape index (κ1) is 16.5. The number of para-hydroxylation sites is 2. The van der Waals surface area contributed by atoms with Crippen molar-refractivity contribution in [2.24, 2.45) is 0 Å². The van der Waals surface area contributed by atoms with Crippen molar-refractivity contribution in [2.75, 3.05) is 0 Å². The Kier molecular flexibility index (Phi) is 6.94. The molecule has 4 nitrogen and oxygen atoms in total. The maximum absolute atomic E-state index is 4.07. The molecule has 110 valence electrons. The average molecular weight is 420 g/mol. The first-order valence-electron chi connectivity index (χ1n) is 6.43. The van der Waals surface area contributed by atoms with Gasteiger partial charge >= 0.3 is 28.4 Å². The van der Waals surface area contributed by atoms with Crippen LogP contribution in [0.5, 0.6) is 0 Å². The molecule has 0 amide bonds. The van der Waals surface area contributed by atoms with Crippen LogP contribution in [0.2, 0.25) is 0 Å². The molecule has 0 atom stereocenters. The van der Waals surface area contributed by atoms with Gasteiger partial charge in [0.25, 0.3) is 0 Å². The van der Waals surface area contributed by atoms with Gasteiger partial charge in [0.15, 0.2) is 0 Å². The molecule has 22 heavy (non-hydrogen) atoms. The molecular weight excluding hydrogens is 406 g/mol. The zero-order chi connectivity index (χ0) is 15.6. The van der Waals surface area contributed by atoms with E-state index in [-0.39, 0.29) is 0 Å². The molecule has 0 radical (unpaired) electrons. The third-order valence-corrected chi connectivity index (χ3v) is 2.83. The summed E-state index contributed by atoms with van der Waals surface area (Å²) >= 11 is 4.50. The van der Waals surface area contributed by atoms with E-state index < -0.39 is 0 Å². The molecule has 4 aromatic rings. The molecule has 4 rings (SSSR count). The number of aromatic nitrogens is 4. The van der Waals surface area contributed by atoms with Crippen molar-refractivity contribution in [3.63, 3.8) is 0 Å². The molecule has 0 aliphatic heterocycles. The zero-order valence-corrected chi connectivity index (χ0v) is 15.4. The van der Waals surface area contributed by atoms with Crippen molar-refractivity contribution in [1.82, 2.24) is 19.9 Å². The van der Waals surface area contributed by atoms with Crippen molar-refractivity contribution in [3.8, 4) is 0 Å². The fourth-order valence-electron chi connectivity index (χ4n) is 1.85. The average Bonchev–Trinajstić information content (AvgIpc) is 2.64. The minimum atomic E-state index is 0.998. The molecule has 6 heteroatoms. The summed E-state index contributed by atoms with van der Waals surface area (Å²) in [7, 11) is 0. The fourth-order valence-corrected chi connectivity index (χ4v) is 1.85. The maximum atomic E-state index is 4.07. The molecule has 2 aromatic heterocycles. The van der Waals surface area contributed by atoms with Crippen LogP contribution in [0.25, 0.3) is 21.8 Å². The van der Waals surface area contributed by atoms with Crippen LogP contribution >= 0.6 is 0 Å². The van der Waals surface area contributed by atoms with Crippen molar-refractivity contribution in [1.29, 1.82) is 0 Å². The van der Waals surface area contributed by atoms with Gasteiger partial charge in [-0.2, -0.15) is 0 Å². The quantitative estimate of drug-likeness (QED) is 0.409. The second kappa shape index (κ2) is 9.23. The minimum absolute atomic E-state index is 0.998. The van der Waals surface area contributed by atoms with Gasteiger partial charge in [-0.3, -0.25) is 0 Å². The Bertz CT molecular complexity index is 637. The van der Waals surface area contributed by atoms with Gasteiger partial charge in [-0.05, 0) is 12.1 Å². The van der Waals surface area contributed by atoms with Crippen LogP contribution in [0.3, 0.4) is 0 Å². The van der Waals surface area contributed by atoms with Crippen molar-refractivity contribution in [3.05, 3.63) is 73.6 Å². The smallest absolute Gasteiger partial charge is 0.116 e. The molecular formula is C16H14N4Se2. The number of hydrogen-bond acceptors (Lipinski definition) is 4. The third kappa shape index (κ3) is 4.58. The summed E-state index contributed by atoms with van der Waals surface area (Å²) in [5.74, 6) is 0. The predicted molar refractivity (Wildman–Crippen MR) is 93.4 cm³/mol. The summed E-state index contributed by atoms with van der Waals surface area (Å²) in [4.78, 5) is 15.9. The minimum Gasteiger partial charge on any atom is -0.244 e. The number of hydrogen-bond donors (Lipinski definition) is 0. The first-order valence-corrected chi connectivity index (χ1v) is 11.6. The Labute approximate surface area is 143 Å². The molecule has 0 spiro atoms. The monoisotopic (exact) mass is 422 g/mol. The topological polar surface area (TPSA) is 51.6 Å². The van der Waals surface area contributed by atoms with Gasteiger partial charge in [0.05, 0.1) is 11.0 Å². The molecule has 2 heterocycles. The van der Waals surface area contributed by atoms with Gasteiger partial charge in [-0.1, -0.05) is 36.4 Å². The SMILES string of the molecule is [SeH][SeH].c1ccc2ncncc2c1.c1ccc2ncncc2c1. The van der Waals surface area contributed by atoms with E-state index in [1.54, 1.807) is 12.7 Å². The van der Waals surface area contributed by atoms with Crippen LogP contribution in [-0.2, 0) is 0 Å². The molecule has 0 aliphatic rings. The van der Waals surface area contributed by atoms with Crippen LogP contribution in [0, 0.1) is 0 Å². The molecule has 0 unspecified atom stereocenters. The van der Waals surface area contributed by atoms with Gasteiger partial charge in [0, 0.05) is 23.2 Å². The van der Waals surface area contributed by atoms with Crippen LogP contribution in [0.1, 0.15) is 0 Å². The van der Waals surface area contributed by atoms with E-state index in [1.165, 1.54) is 0 Å². The summed E-state index contributed by atoms with van der Waals surface area (Å²) in [6.07, 6.45) is 6.73. The van der Waals surface area contributed by atoms with Crippen LogP contribution in [-0.4, -0.2) is 48.3 Å². The third-order valence-electron chi connectivity index (χ3n) is 2.83. The van der Waals surface area contributed by atoms with Gasteiger partial charge in [0.2, 0.25) is 0 Å². The maximum Gasteiger partial charge on any atom is 0.116 e. The summed E-state index contributed by atoms with van der Waals surface area (Å²) in [5, 5.41) is 2.18. The Morgan fingerprint density at radius 1 is 0.591 bits per heavy atom. The van der Waals surface area contributed by atoms with Crippen molar-refractivity contribution < 1.29 is 0 Å². The van der Waals surface area contributed by atoms with E-state index in [4.69, 9.17) is 0 Å². The fraction of sp³-hybridized carbons (Fsp3) is 0. The second-order valence-corrected chi connectivity index (χ2v) is 4.16. The Hall–Kier alpha value is -1.84. The molecule has 0 bridgehead atoms. The number of benzene rings is 2. The summed E-state index contributed by atoms with van der Waals surface area (Å²) in [6.45, 7) is 0. The first-order chi connectivity index (χ1) is 10.9. The zero-order valence-electron chi connectivity index (χ0n) is 11.6. The van der Waals surface area contributed by atoms with Crippen LogP contribution in [0.15, 0.2) is 73.6 Å². The van der Waals surface area contributed by atoms with E-state index in [9.17, 15) is 0 Å². The van der Waals surface area contributed by atoms with E-state index in [0.29, 0.717) is 0 Å². The Balaban J connectivity index is 0.000000144. The number of rotatable bonds is 0. The van der Waals surface area contributed by atoms with E-state index >= 15 is 0 Å². The molecule has 0 fully saturated rings. The van der Waals surface area contributed by atoms with Crippen molar-refractivity contribution in [2.45, 2.75) is 0 Å². The summed E-state index contributed by atoms with van der Waals surface area (Å²) in [5.41, 5.74) is 2.00. The van der Waals surface area contributed by atoms with Crippen LogP contribution in [0.4, 0.5) is 0 Å². The second-order valence-electron chi connectivity index (χ2n) is 4.16. The van der Waals surface area contributed by atoms with Gasteiger partial charge in [-0.15, -0.1) is 0 Å². The van der Waals surface area contributed by atoms with E-state index in [2.05, 4.69) is 48.3 Å². The predicted octanol–water partition coefficient (Wildman–Crippen LogP) is 1.96. The number of fused-ring (bicyclic) bond motifs is 2. The largest absolute Gasteiger partial charge is 0.244 e. The number of nitrogens with zero attached hydrogens (tertiary/aromatic N) is 4. The molecule has 0 N–H and O–H groups in total. The summed E-state index contributed by atoms with van der Waals surface area (Å²) < 4.78 is 0. The molecule has 0 saturated carbocycles. The summed E-state index contributed by atoms with van der Waals surface area (Å²) in [6, 6.07) is 15.8. The van der Waals surface area contributed by atoms with Crippen molar-refractivity contribution >= 4 is 50.2 Å². The van der Waals surface area contributed by atoms with Gasteiger partial charge in [-0.25, -0.2) is 19.9 Å². The Morgan fingerprint density at radius 3 is 1.41 bits per heavy atom. The van der Waals surface area contributed by atoms with E-state index in [1.807, 2.05) is 60.9 Å². The molecule has 0 saturated heterocycles. The standard InChI is InChI=1S/2C8H6N2.H2Se2/c2*1-2-4-8-7(3-1)5-9-6-10-8;1-2/h2*1-6H;1-2H. The molecule has 2 aromatic carbocycles. The Morgan fingerprint density at radius 2 is 1.00 bits per heavy atom. The normalized spacial score (nSPS) is 9.36. The molecule has 0 aliphatic carbocycles. The van der Waals surface area contributed by atoms with Crippen LogP contribution < -0.4 is 0 Å². The van der Waals surface area contributed by atoms with E-state index in [0.717, 1.165) is 21.8 Å². The van der Waals surface area contributed by atoms with Gasteiger partial charge in [0.1, 0.15) is 12.7 Å². The van der Waals surface area contributed by atoms with Gasteiger partial charge < -0.3 is 0 Å².